The van der Waals surface area contributed by atoms with E-state index in [0.29, 0.717) is 18.8 Å². The summed E-state index contributed by atoms with van der Waals surface area (Å²) in [4.78, 5) is 21.8. The monoisotopic (exact) mass is 420 g/mol. The molecule has 1 aliphatic heterocycles. The number of hydrogen-bond acceptors (Lipinski definition) is 6. The summed E-state index contributed by atoms with van der Waals surface area (Å²) in [5, 5.41) is 6.02. The number of amides is 1. The molecule has 2 aromatic carbocycles. The van der Waals surface area contributed by atoms with Gasteiger partial charge in [0.15, 0.2) is 0 Å². The maximum Gasteiger partial charge on any atom is 0.411 e. The molecule has 0 radical (unpaired) electrons. The van der Waals surface area contributed by atoms with Gasteiger partial charge in [-0.05, 0) is 52.7 Å². The summed E-state index contributed by atoms with van der Waals surface area (Å²) >= 11 is 1.69. The summed E-state index contributed by atoms with van der Waals surface area (Å²) in [5.41, 5.74) is 3.48. The number of nitrogens with one attached hydrogen (secondary N) is 2. The molecular formula is C22H20N4O3S. The molecule has 7 nitrogen and oxygen atoms in total. The fourth-order valence-electron chi connectivity index (χ4n) is 3.50. The fourth-order valence-corrected chi connectivity index (χ4v) is 4.27. The highest BCUT2D eigenvalue weighted by Gasteiger charge is 2.20. The van der Waals surface area contributed by atoms with E-state index in [4.69, 9.17) is 9.47 Å². The van der Waals surface area contributed by atoms with E-state index >= 15 is 0 Å². The van der Waals surface area contributed by atoms with Crippen molar-refractivity contribution < 1.29 is 14.3 Å². The van der Waals surface area contributed by atoms with Crippen molar-refractivity contribution in [3.63, 3.8) is 0 Å². The molecular weight excluding hydrogens is 400 g/mol. The van der Waals surface area contributed by atoms with Gasteiger partial charge in [0.2, 0.25) is 0 Å². The van der Waals surface area contributed by atoms with Gasteiger partial charge in [-0.15, -0.1) is 11.3 Å². The van der Waals surface area contributed by atoms with Gasteiger partial charge in [-0.1, -0.05) is 6.07 Å². The number of thiophene rings is 1. The number of hydrogen-bond donors (Lipinski definition) is 2. The molecule has 3 heterocycles. The Balaban J connectivity index is 1.24. The molecule has 152 valence electrons. The molecule has 2 N–H and O–H groups in total. The third-order valence-electron chi connectivity index (χ3n) is 4.96. The van der Waals surface area contributed by atoms with E-state index in [-0.39, 0.29) is 6.61 Å². The number of carbonyl (C=O) groups excluding carboxylic acids is 1. The molecule has 0 fully saturated rings. The molecule has 5 rings (SSSR count). The summed E-state index contributed by atoms with van der Waals surface area (Å²) < 4.78 is 12.4. The molecule has 1 aliphatic rings. The summed E-state index contributed by atoms with van der Waals surface area (Å²) in [6, 6.07) is 13.7. The number of aromatic amines is 1. The number of rotatable bonds is 5. The lowest BCUT2D eigenvalue weighted by Crippen LogP contribution is -2.32. The average Bonchev–Trinajstić information content (AvgIpc) is 3.44. The Bertz CT molecular complexity index is 1170. The second kappa shape index (κ2) is 8.08. The molecule has 0 bridgehead atoms. The van der Waals surface area contributed by atoms with Crippen LogP contribution in [0.4, 0.5) is 16.2 Å². The van der Waals surface area contributed by atoms with Crippen molar-refractivity contribution in [1.82, 2.24) is 9.97 Å². The molecule has 4 aromatic rings. The highest BCUT2D eigenvalue weighted by atomic mass is 32.1. The summed E-state index contributed by atoms with van der Waals surface area (Å²) in [6.07, 6.45) is 3.05. The normalized spacial score (nSPS) is 13.0. The fraction of sp³-hybridized carbons (Fsp3) is 0.182. The molecule has 2 aromatic heterocycles. The Hall–Kier alpha value is -3.52. The minimum atomic E-state index is -0.490. The molecule has 0 atom stereocenters. The Labute approximate surface area is 177 Å². The minimum Gasteiger partial charge on any atom is -0.490 e. The number of benzene rings is 2. The highest BCUT2D eigenvalue weighted by molar-refractivity contribution is 7.17. The SMILES string of the molecule is O=C(Nc1ccc2c(c1)N(Cc1c[nH]cn1)CCO2)OCc1ccc2sccc2c1. The minimum absolute atomic E-state index is 0.219. The van der Waals surface area contributed by atoms with Gasteiger partial charge < -0.3 is 19.4 Å². The van der Waals surface area contributed by atoms with Crippen molar-refractivity contribution in [3.05, 3.63) is 71.6 Å². The number of carbonyl (C=O) groups is 1. The lowest BCUT2D eigenvalue weighted by Gasteiger charge is -2.31. The first-order valence-corrected chi connectivity index (χ1v) is 10.5. The Morgan fingerprint density at radius 2 is 2.23 bits per heavy atom. The third-order valence-corrected chi connectivity index (χ3v) is 5.86. The average molecular weight is 420 g/mol. The van der Waals surface area contributed by atoms with Crippen LogP contribution < -0.4 is 15.0 Å². The van der Waals surface area contributed by atoms with Crippen molar-refractivity contribution in [3.8, 4) is 5.75 Å². The van der Waals surface area contributed by atoms with Crippen LogP contribution in [-0.4, -0.2) is 29.2 Å². The molecule has 0 spiro atoms. The van der Waals surface area contributed by atoms with Crippen molar-refractivity contribution >= 4 is 38.9 Å². The Morgan fingerprint density at radius 3 is 3.13 bits per heavy atom. The number of aromatic nitrogens is 2. The van der Waals surface area contributed by atoms with Crippen molar-refractivity contribution in [2.45, 2.75) is 13.2 Å². The van der Waals surface area contributed by atoms with Crippen LogP contribution in [0.1, 0.15) is 11.3 Å². The van der Waals surface area contributed by atoms with E-state index in [0.717, 1.165) is 34.6 Å². The zero-order valence-electron chi connectivity index (χ0n) is 16.1. The highest BCUT2D eigenvalue weighted by Crippen LogP contribution is 2.35. The molecule has 0 saturated carbocycles. The van der Waals surface area contributed by atoms with Crippen LogP contribution in [0.15, 0.2) is 60.4 Å². The molecule has 0 aliphatic carbocycles. The van der Waals surface area contributed by atoms with Crippen LogP contribution in [0.25, 0.3) is 10.1 Å². The van der Waals surface area contributed by atoms with E-state index in [1.807, 2.05) is 42.6 Å². The van der Waals surface area contributed by atoms with Crippen LogP contribution in [0, 0.1) is 0 Å². The molecule has 1 amide bonds. The number of H-pyrrole nitrogens is 1. The lowest BCUT2D eigenvalue weighted by molar-refractivity contribution is 0.155. The second-order valence-electron chi connectivity index (χ2n) is 7.01. The Morgan fingerprint density at radius 1 is 1.27 bits per heavy atom. The van der Waals surface area contributed by atoms with E-state index in [1.54, 1.807) is 17.7 Å². The predicted octanol–water partition coefficient (Wildman–Crippen LogP) is 4.77. The first-order chi connectivity index (χ1) is 14.7. The molecule has 0 saturated heterocycles. The van der Waals surface area contributed by atoms with Gasteiger partial charge in [0.1, 0.15) is 19.0 Å². The Kier molecular flexibility index (Phi) is 4.98. The van der Waals surface area contributed by atoms with Gasteiger partial charge in [0, 0.05) is 16.6 Å². The van der Waals surface area contributed by atoms with Crippen molar-refractivity contribution in [1.29, 1.82) is 0 Å². The summed E-state index contributed by atoms with van der Waals surface area (Å²) in [7, 11) is 0. The maximum atomic E-state index is 12.3. The van der Waals surface area contributed by atoms with Gasteiger partial charge in [-0.25, -0.2) is 9.78 Å². The quantitative estimate of drug-likeness (QED) is 0.486. The molecule has 30 heavy (non-hydrogen) atoms. The van der Waals surface area contributed by atoms with E-state index in [1.165, 1.54) is 4.70 Å². The van der Waals surface area contributed by atoms with Crippen LogP contribution in [0.5, 0.6) is 5.75 Å². The van der Waals surface area contributed by atoms with Gasteiger partial charge in [0.25, 0.3) is 0 Å². The topological polar surface area (TPSA) is 79.5 Å². The van der Waals surface area contributed by atoms with Gasteiger partial charge in [0.05, 0.1) is 30.8 Å². The van der Waals surface area contributed by atoms with Crippen molar-refractivity contribution in [2.24, 2.45) is 0 Å². The largest absolute Gasteiger partial charge is 0.490 e. The number of anilines is 2. The van der Waals surface area contributed by atoms with E-state index < -0.39 is 6.09 Å². The summed E-state index contributed by atoms with van der Waals surface area (Å²) in [6.45, 7) is 2.25. The third kappa shape index (κ3) is 3.95. The van der Waals surface area contributed by atoms with E-state index in [2.05, 4.69) is 31.6 Å². The number of imidazole rings is 1. The smallest absolute Gasteiger partial charge is 0.411 e. The number of fused-ring (bicyclic) bond motifs is 2. The summed E-state index contributed by atoms with van der Waals surface area (Å²) in [5.74, 6) is 0.791. The van der Waals surface area contributed by atoms with Gasteiger partial charge in [-0.3, -0.25) is 5.32 Å². The van der Waals surface area contributed by atoms with Crippen LogP contribution >= 0.6 is 11.3 Å². The first-order valence-electron chi connectivity index (χ1n) is 9.64. The first kappa shape index (κ1) is 18.5. The zero-order chi connectivity index (χ0) is 20.3. The number of nitrogens with zero attached hydrogens (tertiary/aromatic N) is 2. The zero-order valence-corrected chi connectivity index (χ0v) is 16.9. The standard InChI is InChI=1S/C22H20N4O3S/c27-22(29-13-15-1-4-21-16(9-15)5-8-30-21)25-17-2-3-20-19(10-17)26(6-7-28-20)12-18-11-23-14-24-18/h1-5,8-11,14H,6-7,12-13H2,(H,23,24)(H,25,27). The number of ether oxygens (including phenoxy) is 2. The van der Waals surface area contributed by atoms with Crippen LogP contribution in [0.3, 0.4) is 0 Å². The molecule has 8 heteroatoms. The molecule has 0 unspecified atom stereocenters. The van der Waals surface area contributed by atoms with Crippen LogP contribution in [0.2, 0.25) is 0 Å². The second-order valence-corrected chi connectivity index (χ2v) is 7.95. The maximum absolute atomic E-state index is 12.3. The van der Waals surface area contributed by atoms with Gasteiger partial charge >= 0.3 is 6.09 Å². The van der Waals surface area contributed by atoms with E-state index in [9.17, 15) is 4.79 Å². The predicted molar refractivity (Wildman–Crippen MR) is 117 cm³/mol. The van der Waals surface area contributed by atoms with Gasteiger partial charge in [-0.2, -0.15) is 0 Å². The van der Waals surface area contributed by atoms with Crippen LogP contribution in [-0.2, 0) is 17.9 Å². The van der Waals surface area contributed by atoms with Crippen molar-refractivity contribution in [2.75, 3.05) is 23.4 Å². The lowest BCUT2D eigenvalue weighted by atomic mass is 10.2.